The highest BCUT2D eigenvalue weighted by atomic mass is 19.4. The molecule has 0 bridgehead atoms. The first-order valence-electron chi connectivity index (χ1n) is 10.2. The van der Waals surface area contributed by atoms with Crippen LogP contribution in [0.25, 0.3) is 0 Å². The van der Waals surface area contributed by atoms with Gasteiger partial charge in [0.2, 0.25) is 5.91 Å². The number of hydrogen-bond donors (Lipinski definition) is 3. The number of aryl methyl sites for hydroxylation is 1. The van der Waals surface area contributed by atoms with Crippen LogP contribution in [0.15, 0.2) is 18.2 Å². The van der Waals surface area contributed by atoms with Gasteiger partial charge < -0.3 is 20.6 Å². The van der Waals surface area contributed by atoms with E-state index in [9.17, 15) is 27.9 Å². The number of likely N-dealkylation sites (tertiary alicyclic amines) is 1. The van der Waals surface area contributed by atoms with Gasteiger partial charge in [0.05, 0.1) is 6.54 Å². The lowest BCUT2D eigenvalue weighted by atomic mass is 9.72. The molecule has 2 amide bonds. The predicted molar refractivity (Wildman–Crippen MR) is 105 cm³/mol. The summed E-state index contributed by atoms with van der Waals surface area (Å²) in [5.74, 6) is -0.629. The van der Waals surface area contributed by atoms with Gasteiger partial charge in [0.15, 0.2) is 0 Å². The number of hydrogen-bond acceptors (Lipinski definition) is 4. The van der Waals surface area contributed by atoms with E-state index < -0.39 is 18.6 Å². The van der Waals surface area contributed by atoms with E-state index in [1.54, 1.807) is 19.1 Å². The third kappa shape index (κ3) is 5.65. The highest BCUT2D eigenvalue weighted by molar-refractivity contribution is 5.95. The van der Waals surface area contributed by atoms with E-state index in [4.69, 9.17) is 0 Å². The molecule has 3 N–H and O–H groups in total. The molecule has 1 saturated carbocycles. The topological polar surface area (TPSA) is 81.7 Å². The van der Waals surface area contributed by atoms with Crippen molar-refractivity contribution in [3.05, 3.63) is 29.3 Å². The van der Waals surface area contributed by atoms with Crippen LogP contribution in [0.3, 0.4) is 0 Å². The second-order valence-corrected chi connectivity index (χ2v) is 8.53. The number of nitrogens with one attached hydrogen (secondary N) is 2. The summed E-state index contributed by atoms with van der Waals surface area (Å²) in [7, 11) is 0. The number of halogens is 3. The van der Waals surface area contributed by atoms with Crippen LogP contribution in [0, 0.1) is 12.3 Å². The van der Waals surface area contributed by atoms with Crippen molar-refractivity contribution in [1.29, 1.82) is 0 Å². The van der Waals surface area contributed by atoms with Gasteiger partial charge in [0.25, 0.3) is 5.91 Å². The van der Waals surface area contributed by atoms with E-state index in [2.05, 4.69) is 5.32 Å². The summed E-state index contributed by atoms with van der Waals surface area (Å²) in [5, 5.41) is 14.8. The average molecular weight is 427 g/mol. The van der Waals surface area contributed by atoms with Crippen LogP contribution < -0.4 is 10.6 Å². The van der Waals surface area contributed by atoms with Crippen LogP contribution in [-0.2, 0) is 4.79 Å². The average Bonchev–Trinajstić information content (AvgIpc) is 3.10. The molecule has 0 aromatic heterocycles. The Labute approximate surface area is 173 Å². The predicted octanol–water partition coefficient (Wildman–Crippen LogP) is 2.74. The summed E-state index contributed by atoms with van der Waals surface area (Å²) < 4.78 is 36.4. The van der Waals surface area contributed by atoms with Crippen molar-refractivity contribution < 1.29 is 27.9 Å². The first-order chi connectivity index (χ1) is 14.1. The number of aromatic hydroxyl groups is 1. The Kier molecular flexibility index (Phi) is 6.59. The molecule has 1 saturated heterocycles. The maximum Gasteiger partial charge on any atom is 0.405 e. The van der Waals surface area contributed by atoms with E-state index in [1.165, 1.54) is 6.07 Å². The molecule has 1 aliphatic heterocycles. The van der Waals surface area contributed by atoms with E-state index in [-0.39, 0.29) is 29.7 Å². The lowest BCUT2D eigenvalue weighted by molar-refractivity contribution is -0.138. The molecule has 1 aromatic carbocycles. The summed E-state index contributed by atoms with van der Waals surface area (Å²) in [6, 6.07) is 5.06. The Bertz CT molecular complexity index is 789. The zero-order chi connectivity index (χ0) is 21.9. The molecule has 30 heavy (non-hydrogen) atoms. The summed E-state index contributed by atoms with van der Waals surface area (Å²) >= 11 is 0. The van der Waals surface area contributed by atoms with Crippen molar-refractivity contribution in [1.82, 2.24) is 15.5 Å². The van der Waals surface area contributed by atoms with Crippen LogP contribution in [0.5, 0.6) is 5.75 Å². The zero-order valence-electron chi connectivity index (χ0n) is 17.0. The van der Waals surface area contributed by atoms with Crippen LogP contribution >= 0.6 is 0 Å². The largest absolute Gasteiger partial charge is 0.508 e. The van der Waals surface area contributed by atoms with Crippen LogP contribution in [0.1, 0.15) is 48.0 Å². The van der Waals surface area contributed by atoms with E-state index in [0.717, 1.165) is 37.7 Å². The SMILES string of the molecule is Cc1ccc(C(=O)N2CC[C@]3(CC[C@H](NCC(=O)NCC(F)(F)F)CC3)C2)cc1O. The fourth-order valence-electron chi connectivity index (χ4n) is 4.37. The van der Waals surface area contributed by atoms with Crippen LogP contribution in [-0.4, -0.2) is 60.2 Å². The minimum absolute atomic E-state index is 0.0547. The van der Waals surface area contributed by atoms with Crippen molar-refractivity contribution in [2.75, 3.05) is 26.2 Å². The maximum absolute atomic E-state index is 12.8. The zero-order valence-corrected chi connectivity index (χ0v) is 17.0. The van der Waals surface area contributed by atoms with Crippen molar-refractivity contribution in [2.24, 2.45) is 5.41 Å². The number of rotatable bonds is 5. The number of phenolic OH excluding ortho intramolecular Hbond substituents is 1. The molecular formula is C21H28F3N3O3. The Hall–Kier alpha value is -2.29. The smallest absolute Gasteiger partial charge is 0.405 e. The third-order valence-corrected chi connectivity index (χ3v) is 6.27. The molecule has 0 atom stereocenters. The fourth-order valence-corrected chi connectivity index (χ4v) is 4.37. The maximum atomic E-state index is 12.8. The second-order valence-electron chi connectivity index (χ2n) is 8.53. The second kappa shape index (κ2) is 8.83. The summed E-state index contributed by atoms with van der Waals surface area (Å²) in [5.41, 5.74) is 1.26. The molecule has 0 radical (unpaired) electrons. The van der Waals surface area contributed by atoms with Crippen molar-refractivity contribution in [2.45, 2.75) is 51.2 Å². The Morgan fingerprint density at radius 3 is 2.57 bits per heavy atom. The van der Waals surface area contributed by atoms with Gasteiger partial charge in [-0.25, -0.2) is 0 Å². The van der Waals surface area contributed by atoms with E-state index in [1.807, 2.05) is 10.2 Å². The molecule has 0 unspecified atom stereocenters. The van der Waals surface area contributed by atoms with Crippen LogP contribution in [0.4, 0.5) is 13.2 Å². The number of benzene rings is 1. The monoisotopic (exact) mass is 427 g/mol. The number of amides is 2. The van der Waals surface area contributed by atoms with Gasteiger partial charge in [-0.1, -0.05) is 6.07 Å². The first-order valence-corrected chi connectivity index (χ1v) is 10.2. The molecular weight excluding hydrogens is 399 g/mol. The van der Waals surface area contributed by atoms with E-state index >= 15 is 0 Å². The minimum atomic E-state index is -4.41. The van der Waals surface area contributed by atoms with Crippen LogP contribution in [0.2, 0.25) is 0 Å². The number of alkyl halides is 3. The van der Waals surface area contributed by atoms with Gasteiger partial charge in [0.1, 0.15) is 12.3 Å². The van der Waals surface area contributed by atoms with Gasteiger partial charge >= 0.3 is 6.18 Å². The summed E-state index contributed by atoms with van der Waals surface area (Å²) in [6.07, 6.45) is -0.0549. The highest BCUT2D eigenvalue weighted by Gasteiger charge is 2.42. The Morgan fingerprint density at radius 1 is 1.23 bits per heavy atom. The van der Waals surface area contributed by atoms with Gasteiger partial charge in [-0.2, -0.15) is 13.2 Å². The van der Waals surface area contributed by atoms with Crippen molar-refractivity contribution >= 4 is 11.8 Å². The first kappa shape index (κ1) is 22.4. The Morgan fingerprint density at radius 2 is 1.93 bits per heavy atom. The fraction of sp³-hybridized carbons (Fsp3) is 0.619. The van der Waals surface area contributed by atoms with Crippen molar-refractivity contribution in [3.63, 3.8) is 0 Å². The number of carbonyl (C=O) groups is 2. The molecule has 9 heteroatoms. The summed E-state index contributed by atoms with van der Waals surface area (Å²) in [4.78, 5) is 26.2. The number of carbonyl (C=O) groups excluding carboxylic acids is 2. The third-order valence-electron chi connectivity index (χ3n) is 6.27. The lowest BCUT2D eigenvalue weighted by Crippen LogP contribution is -2.45. The number of nitrogens with zero attached hydrogens (tertiary/aromatic N) is 1. The quantitative estimate of drug-likeness (QED) is 0.675. The normalized spacial score (nSPS) is 24.3. The molecule has 3 rings (SSSR count). The molecule has 2 aliphatic rings. The molecule has 2 fully saturated rings. The van der Waals surface area contributed by atoms with E-state index in [0.29, 0.717) is 18.7 Å². The van der Waals surface area contributed by atoms with Gasteiger partial charge in [-0.05, 0) is 62.1 Å². The van der Waals surface area contributed by atoms with Gasteiger partial charge in [0, 0.05) is 24.7 Å². The molecule has 1 spiro atoms. The van der Waals surface area contributed by atoms with Crippen molar-refractivity contribution in [3.8, 4) is 5.75 Å². The Balaban J connectivity index is 1.45. The van der Waals surface area contributed by atoms with Gasteiger partial charge in [-0.15, -0.1) is 0 Å². The lowest BCUT2D eigenvalue weighted by Gasteiger charge is -2.37. The standard InChI is InChI=1S/C21H28F3N3O3/c1-14-2-3-15(10-17(14)28)19(30)27-9-8-20(13-27)6-4-16(5-7-20)25-11-18(29)26-12-21(22,23)24/h2-3,10,16,25,28H,4-9,11-13H2,1H3,(H,26,29)/t16-,20+. The molecule has 6 nitrogen and oxygen atoms in total. The number of phenols is 1. The minimum Gasteiger partial charge on any atom is -0.508 e. The summed E-state index contributed by atoms with van der Waals surface area (Å²) in [6.45, 7) is 1.67. The highest BCUT2D eigenvalue weighted by Crippen LogP contribution is 2.44. The molecule has 1 aliphatic carbocycles. The molecule has 1 heterocycles. The van der Waals surface area contributed by atoms with Gasteiger partial charge in [-0.3, -0.25) is 9.59 Å². The molecule has 1 aromatic rings. The molecule has 166 valence electrons.